The fraction of sp³-hybridized carbons (Fsp3) is 0.120. The second kappa shape index (κ2) is 8.63. The van der Waals surface area contributed by atoms with E-state index >= 15 is 0 Å². The Bertz CT molecular complexity index is 1310. The van der Waals surface area contributed by atoms with Gasteiger partial charge in [-0.25, -0.2) is 4.39 Å². The Morgan fingerprint density at radius 1 is 1.12 bits per heavy atom. The lowest BCUT2D eigenvalue weighted by atomic mass is 10.1. The predicted octanol–water partition coefficient (Wildman–Crippen LogP) is 4.59. The van der Waals surface area contributed by atoms with Crippen LogP contribution in [0.4, 0.5) is 10.1 Å². The van der Waals surface area contributed by atoms with Crippen LogP contribution in [0.25, 0.3) is 6.08 Å². The standard InChI is InChI=1S/C25H19FN2O4S/c1-28-19-11-17(24(29)27-13-15-6-8-20-21(10-15)32-14-31-20)7-9-22(19)33-23(25(28)30)12-16-4-2-3-5-18(16)26/h2-12H,13-14H2,1H3,(H,27,29). The Morgan fingerprint density at radius 2 is 1.94 bits per heavy atom. The summed E-state index contributed by atoms with van der Waals surface area (Å²) in [7, 11) is 1.64. The minimum Gasteiger partial charge on any atom is -0.454 e. The maximum absolute atomic E-state index is 14.0. The lowest BCUT2D eigenvalue weighted by Crippen LogP contribution is -2.31. The van der Waals surface area contributed by atoms with Gasteiger partial charge in [0.15, 0.2) is 11.5 Å². The molecule has 3 aromatic rings. The molecule has 0 aliphatic carbocycles. The normalized spacial score (nSPS) is 15.5. The quantitative estimate of drug-likeness (QED) is 0.575. The summed E-state index contributed by atoms with van der Waals surface area (Å²) in [5.41, 5.74) is 2.31. The van der Waals surface area contributed by atoms with Gasteiger partial charge in [-0.1, -0.05) is 36.0 Å². The van der Waals surface area contributed by atoms with Gasteiger partial charge in [0, 0.05) is 29.6 Å². The van der Waals surface area contributed by atoms with E-state index < -0.39 is 0 Å². The van der Waals surface area contributed by atoms with Gasteiger partial charge in [0.25, 0.3) is 11.8 Å². The van der Waals surface area contributed by atoms with Crippen molar-refractivity contribution in [3.63, 3.8) is 0 Å². The highest BCUT2D eigenvalue weighted by atomic mass is 32.2. The van der Waals surface area contributed by atoms with Crippen LogP contribution in [-0.2, 0) is 11.3 Å². The van der Waals surface area contributed by atoms with Crippen molar-refractivity contribution >= 4 is 35.3 Å². The summed E-state index contributed by atoms with van der Waals surface area (Å²) in [6.45, 7) is 0.521. The summed E-state index contributed by atoms with van der Waals surface area (Å²) in [6, 6.07) is 17.0. The number of nitrogens with one attached hydrogen (secondary N) is 1. The van der Waals surface area contributed by atoms with Crippen molar-refractivity contribution in [2.45, 2.75) is 11.4 Å². The van der Waals surface area contributed by atoms with E-state index in [1.165, 1.54) is 22.7 Å². The van der Waals surface area contributed by atoms with Crippen LogP contribution in [0.5, 0.6) is 11.5 Å². The Kier molecular flexibility index (Phi) is 5.51. The summed E-state index contributed by atoms with van der Waals surface area (Å²) in [5.74, 6) is 0.448. The fourth-order valence-corrected chi connectivity index (χ4v) is 4.69. The lowest BCUT2D eigenvalue weighted by molar-refractivity contribution is -0.114. The van der Waals surface area contributed by atoms with E-state index in [2.05, 4.69) is 5.32 Å². The molecule has 3 aromatic carbocycles. The topological polar surface area (TPSA) is 67.9 Å². The molecule has 2 aliphatic heterocycles. The molecule has 0 radical (unpaired) electrons. The van der Waals surface area contributed by atoms with E-state index in [1.54, 1.807) is 49.5 Å². The minimum atomic E-state index is -0.388. The summed E-state index contributed by atoms with van der Waals surface area (Å²) < 4.78 is 24.7. The molecule has 166 valence electrons. The third-order valence-corrected chi connectivity index (χ3v) is 6.48. The maximum Gasteiger partial charge on any atom is 0.264 e. The molecule has 0 fully saturated rings. The predicted molar refractivity (Wildman–Crippen MR) is 124 cm³/mol. The van der Waals surface area contributed by atoms with Gasteiger partial charge in [-0.15, -0.1) is 0 Å². The highest BCUT2D eigenvalue weighted by molar-refractivity contribution is 8.04. The zero-order chi connectivity index (χ0) is 22.9. The van der Waals surface area contributed by atoms with Crippen LogP contribution < -0.4 is 19.7 Å². The van der Waals surface area contributed by atoms with Gasteiger partial charge in [-0.05, 0) is 48.0 Å². The highest BCUT2D eigenvalue weighted by Crippen LogP contribution is 2.42. The number of carbonyl (C=O) groups excluding carboxylic acids is 2. The molecule has 0 saturated heterocycles. The van der Waals surface area contributed by atoms with Crippen molar-refractivity contribution in [2.24, 2.45) is 0 Å². The van der Waals surface area contributed by atoms with E-state index in [0.717, 1.165) is 10.5 Å². The van der Waals surface area contributed by atoms with Gasteiger partial charge >= 0.3 is 0 Å². The molecule has 0 aromatic heterocycles. The van der Waals surface area contributed by atoms with Crippen LogP contribution in [0.15, 0.2) is 70.5 Å². The number of rotatable bonds is 4. The van der Waals surface area contributed by atoms with Crippen molar-refractivity contribution in [2.75, 3.05) is 18.7 Å². The molecule has 5 rings (SSSR count). The van der Waals surface area contributed by atoms with Crippen LogP contribution in [0.3, 0.4) is 0 Å². The molecule has 0 unspecified atom stereocenters. The van der Waals surface area contributed by atoms with Crippen molar-refractivity contribution in [1.29, 1.82) is 0 Å². The fourth-order valence-electron chi connectivity index (χ4n) is 3.60. The van der Waals surface area contributed by atoms with Crippen LogP contribution in [0.1, 0.15) is 21.5 Å². The number of fused-ring (bicyclic) bond motifs is 2. The molecule has 8 heteroatoms. The maximum atomic E-state index is 14.0. The van der Waals surface area contributed by atoms with Gasteiger partial charge < -0.3 is 19.7 Å². The number of benzene rings is 3. The second-order valence-corrected chi connectivity index (χ2v) is 8.63. The summed E-state index contributed by atoms with van der Waals surface area (Å²) in [4.78, 5) is 28.3. The smallest absolute Gasteiger partial charge is 0.264 e. The van der Waals surface area contributed by atoms with E-state index in [1.807, 2.05) is 18.2 Å². The molecule has 0 bridgehead atoms. The summed E-state index contributed by atoms with van der Waals surface area (Å²) >= 11 is 1.26. The minimum absolute atomic E-state index is 0.196. The van der Waals surface area contributed by atoms with Crippen molar-refractivity contribution in [3.8, 4) is 11.5 Å². The van der Waals surface area contributed by atoms with Gasteiger partial charge in [-0.2, -0.15) is 0 Å². The molecule has 1 N–H and O–H groups in total. The van der Waals surface area contributed by atoms with Gasteiger partial charge in [-0.3, -0.25) is 9.59 Å². The second-order valence-electron chi connectivity index (χ2n) is 7.55. The first-order chi connectivity index (χ1) is 16.0. The van der Waals surface area contributed by atoms with Crippen molar-refractivity contribution in [3.05, 3.63) is 88.1 Å². The zero-order valence-electron chi connectivity index (χ0n) is 17.6. The van der Waals surface area contributed by atoms with Gasteiger partial charge in [0.05, 0.1) is 10.6 Å². The molecule has 2 aliphatic rings. The Labute approximate surface area is 194 Å². The molecule has 2 amide bonds. The first kappa shape index (κ1) is 21.1. The molecular weight excluding hydrogens is 443 g/mol. The van der Waals surface area contributed by atoms with E-state index in [-0.39, 0.29) is 24.4 Å². The SMILES string of the molecule is CN1C(=O)C(=Cc2ccccc2F)Sc2ccc(C(=O)NCc3ccc4c(c3)OCO4)cc21. The van der Waals surface area contributed by atoms with Gasteiger partial charge in [0.1, 0.15) is 5.82 Å². The third-order valence-electron chi connectivity index (χ3n) is 5.40. The molecule has 0 atom stereocenters. The highest BCUT2D eigenvalue weighted by Gasteiger charge is 2.27. The Balaban J connectivity index is 1.33. The number of halogens is 1. The number of carbonyl (C=O) groups is 2. The molecule has 0 spiro atoms. The average molecular weight is 463 g/mol. The monoisotopic (exact) mass is 462 g/mol. The zero-order valence-corrected chi connectivity index (χ0v) is 18.4. The molecule has 6 nitrogen and oxygen atoms in total. The molecule has 2 heterocycles. The van der Waals surface area contributed by atoms with Crippen LogP contribution in [0.2, 0.25) is 0 Å². The number of nitrogens with zero attached hydrogens (tertiary/aromatic N) is 1. The number of hydrogen-bond acceptors (Lipinski definition) is 5. The van der Waals surface area contributed by atoms with E-state index in [0.29, 0.717) is 39.8 Å². The number of likely N-dealkylation sites (N-methyl/N-ethyl adjacent to an activating group) is 1. The summed E-state index contributed by atoms with van der Waals surface area (Å²) in [5, 5.41) is 2.89. The molecule has 33 heavy (non-hydrogen) atoms. The van der Waals surface area contributed by atoms with Crippen LogP contribution in [-0.4, -0.2) is 25.7 Å². The van der Waals surface area contributed by atoms with E-state index in [9.17, 15) is 14.0 Å². The summed E-state index contributed by atoms with van der Waals surface area (Å²) in [6.07, 6.45) is 1.55. The number of hydrogen-bond donors (Lipinski definition) is 1. The number of thioether (sulfide) groups is 1. The molecular formula is C25H19FN2O4S. The first-order valence-electron chi connectivity index (χ1n) is 10.2. The Hall–Kier alpha value is -3.78. The lowest BCUT2D eigenvalue weighted by Gasteiger charge is -2.27. The largest absolute Gasteiger partial charge is 0.454 e. The van der Waals surface area contributed by atoms with Crippen molar-refractivity contribution in [1.82, 2.24) is 5.32 Å². The molecule has 0 saturated carbocycles. The van der Waals surface area contributed by atoms with Gasteiger partial charge in [0.2, 0.25) is 6.79 Å². The Morgan fingerprint density at radius 3 is 2.79 bits per heavy atom. The van der Waals surface area contributed by atoms with Crippen molar-refractivity contribution < 1.29 is 23.5 Å². The van der Waals surface area contributed by atoms with Crippen LogP contribution in [0, 0.1) is 5.82 Å². The number of ether oxygens (including phenoxy) is 2. The first-order valence-corrected chi connectivity index (χ1v) is 11.0. The van der Waals surface area contributed by atoms with E-state index in [4.69, 9.17) is 9.47 Å². The van der Waals surface area contributed by atoms with Crippen LogP contribution >= 0.6 is 11.8 Å². The number of amides is 2. The third kappa shape index (κ3) is 4.17. The average Bonchev–Trinajstić information content (AvgIpc) is 3.30. The number of anilines is 1.